The molecule has 7 heteroatoms. The number of rotatable bonds is 4. The van der Waals surface area contributed by atoms with Crippen LogP contribution in [0.25, 0.3) is 0 Å². The molecule has 1 saturated heterocycles. The summed E-state index contributed by atoms with van der Waals surface area (Å²) in [6, 6.07) is 3.78. The van der Waals surface area contributed by atoms with Gasteiger partial charge >= 0.3 is 0 Å². The zero-order valence-corrected chi connectivity index (χ0v) is 10.9. The minimum absolute atomic E-state index is 0.0152. The van der Waals surface area contributed by atoms with Gasteiger partial charge in [-0.05, 0) is 18.9 Å². The van der Waals surface area contributed by atoms with Crippen molar-refractivity contribution in [2.75, 3.05) is 13.2 Å². The van der Waals surface area contributed by atoms with Crippen LogP contribution in [0.2, 0.25) is 5.02 Å². The maximum absolute atomic E-state index is 11.9. The number of amides is 1. The van der Waals surface area contributed by atoms with Crippen molar-refractivity contribution in [2.45, 2.75) is 18.9 Å². The normalized spacial score (nSPS) is 18.3. The van der Waals surface area contributed by atoms with E-state index in [1.54, 1.807) is 0 Å². The van der Waals surface area contributed by atoms with E-state index in [1.165, 1.54) is 18.2 Å². The van der Waals surface area contributed by atoms with Gasteiger partial charge in [0.05, 0.1) is 21.6 Å². The van der Waals surface area contributed by atoms with Crippen LogP contribution in [0.3, 0.4) is 0 Å². The molecule has 0 radical (unpaired) electrons. The number of nitrogens with one attached hydrogen (secondary N) is 1. The van der Waals surface area contributed by atoms with Crippen LogP contribution in [-0.4, -0.2) is 30.1 Å². The van der Waals surface area contributed by atoms with E-state index < -0.39 is 10.8 Å². The fourth-order valence-electron chi connectivity index (χ4n) is 1.91. The number of nitro groups is 1. The van der Waals surface area contributed by atoms with Crippen molar-refractivity contribution >= 4 is 23.2 Å². The Hall–Kier alpha value is -1.66. The molecule has 1 aromatic rings. The van der Waals surface area contributed by atoms with Crippen LogP contribution in [-0.2, 0) is 4.74 Å². The van der Waals surface area contributed by atoms with E-state index in [4.69, 9.17) is 16.3 Å². The van der Waals surface area contributed by atoms with E-state index in [2.05, 4.69) is 5.32 Å². The summed E-state index contributed by atoms with van der Waals surface area (Å²) in [4.78, 5) is 22.0. The Balaban J connectivity index is 2.04. The molecule has 0 unspecified atom stereocenters. The van der Waals surface area contributed by atoms with Gasteiger partial charge in [-0.3, -0.25) is 14.9 Å². The fourth-order valence-corrected chi connectivity index (χ4v) is 2.11. The molecule has 102 valence electrons. The molecule has 1 heterocycles. The summed E-state index contributed by atoms with van der Waals surface area (Å²) in [5.74, 6) is -0.427. The number of carbonyl (C=O) groups is 1. The summed E-state index contributed by atoms with van der Waals surface area (Å²) in [5, 5.41) is 13.5. The number of nitro benzene ring substituents is 1. The van der Waals surface area contributed by atoms with Crippen molar-refractivity contribution in [3.8, 4) is 0 Å². The van der Waals surface area contributed by atoms with Crippen LogP contribution in [0.15, 0.2) is 18.2 Å². The first-order chi connectivity index (χ1) is 9.08. The maximum atomic E-state index is 11.9. The Labute approximate surface area is 114 Å². The first kappa shape index (κ1) is 13.8. The van der Waals surface area contributed by atoms with Crippen molar-refractivity contribution < 1.29 is 14.5 Å². The zero-order chi connectivity index (χ0) is 13.8. The molecular weight excluding hydrogens is 272 g/mol. The summed E-state index contributed by atoms with van der Waals surface area (Å²) in [7, 11) is 0. The Kier molecular flexibility index (Phi) is 4.34. The number of non-ortho nitro benzene ring substituents is 1. The van der Waals surface area contributed by atoms with Crippen molar-refractivity contribution in [3.05, 3.63) is 38.9 Å². The van der Waals surface area contributed by atoms with Gasteiger partial charge in [-0.25, -0.2) is 0 Å². The third kappa shape index (κ3) is 3.42. The van der Waals surface area contributed by atoms with Crippen LogP contribution in [0.5, 0.6) is 0 Å². The summed E-state index contributed by atoms with van der Waals surface area (Å²) in [5.41, 5.74) is -0.0551. The summed E-state index contributed by atoms with van der Waals surface area (Å²) in [6.45, 7) is 1.09. The summed E-state index contributed by atoms with van der Waals surface area (Å²) < 4.78 is 5.38. The SMILES string of the molecule is O=C(NC[C@H]1CCCO1)c1cc([N+](=O)[O-])ccc1Cl. The molecule has 1 aromatic carbocycles. The molecule has 0 aromatic heterocycles. The lowest BCUT2D eigenvalue weighted by atomic mass is 10.1. The molecule has 1 fully saturated rings. The molecular formula is C12H13ClN2O4. The number of halogens is 1. The van der Waals surface area contributed by atoms with Gasteiger partial charge in [0.25, 0.3) is 11.6 Å². The van der Waals surface area contributed by atoms with Crippen LogP contribution in [0.1, 0.15) is 23.2 Å². The van der Waals surface area contributed by atoms with Crippen LogP contribution in [0.4, 0.5) is 5.69 Å². The molecule has 19 heavy (non-hydrogen) atoms. The highest BCUT2D eigenvalue weighted by Crippen LogP contribution is 2.22. The molecule has 1 amide bonds. The quantitative estimate of drug-likeness (QED) is 0.678. The minimum atomic E-state index is -0.562. The van der Waals surface area contributed by atoms with Gasteiger partial charge in [0, 0.05) is 25.3 Å². The second-order valence-corrected chi connectivity index (χ2v) is 4.67. The number of nitrogens with zero attached hydrogens (tertiary/aromatic N) is 1. The third-order valence-electron chi connectivity index (χ3n) is 2.92. The van der Waals surface area contributed by atoms with E-state index in [9.17, 15) is 14.9 Å². The van der Waals surface area contributed by atoms with E-state index in [0.717, 1.165) is 12.8 Å². The molecule has 1 aliphatic rings. The number of ether oxygens (including phenoxy) is 1. The number of hydrogen-bond acceptors (Lipinski definition) is 4. The molecule has 6 nitrogen and oxygen atoms in total. The molecule has 0 spiro atoms. The highest BCUT2D eigenvalue weighted by Gasteiger charge is 2.19. The first-order valence-corrected chi connectivity index (χ1v) is 6.29. The largest absolute Gasteiger partial charge is 0.376 e. The number of carbonyl (C=O) groups excluding carboxylic acids is 1. The van der Waals surface area contributed by atoms with E-state index in [1.807, 2.05) is 0 Å². The van der Waals surface area contributed by atoms with Gasteiger partial charge in [0.15, 0.2) is 0 Å². The van der Waals surface area contributed by atoms with Gasteiger partial charge in [-0.2, -0.15) is 0 Å². The lowest BCUT2D eigenvalue weighted by Crippen LogP contribution is -2.31. The number of benzene rings is 1. The Bertz CT molecular complexity index is 501. The van der Waals surface area contributed by atoms with Crippen molar-refractivity contribution in [3.63, 3.8) is 0 Å². The molecule has 0 bridgehead atoms. The van der Waals surface area contributed by atoms with Crippen molar-refractivity contribution in [1.29, 1.82) is 0 Å². The predicted octanol–water partition coefficient (Wildman–Crippen LogP) is 2.16. The standard InChI is InChI=1S/C12H13ClN2O4/c13-11-4-3-8(15(17)18)6-10(11)12(16)14-7-9-2-1-5-19-9/h3-4,6,9H,1-2,5,7H2,(H,14,16)/t9-/m1/s1. The molecule has 0 saturated carbocycles. The zero-order valence-electron chi connectivity index (χ0n) is 10.1. The van der Waals surface area contributed by atoms with Crippen LogP contribution >= 0.6 is 11.6 Å². The highest BCUT2D eigenvalue weighted by atomic mass is 35.5. The van der Waals surface area contributed by atoms with Gasteiger partial charge in [0.2, 0.25) is 0 Å². The Morgan fingerprint density at radius 3 is 3.00 bits per heavy atom. The Morgan fingerprint density at radius 2 is 2.37 bits per heavy atom. The van der Waals surface area contributed by atoms with E-state index in [0.29, 0.717) is 13.2 Å². The van der Waals surface area contributed by atoms with Crippen LogP contribution in [0, 0.1) is 10.1 Å². The summed E-state index contributed by atoms with van der Waals surface area (Å²) in [6.07, 6.45) is 1.91. The average molecular weight is 285 g/mol. The van der Waals surface area contributed by atoms with Gasteiger partial charge in [-0.15, -0.1) is 0 Å². The third-order valence-corrected chi connectivity index (χ3v) is 3.25. The second kappa shape index (κ2) is 5.99. The first-order valence-electron chi connectivity index (χ1n) is 5.91. The average Bonchev–Trinajstić information content (AvgIpc) is 2.89. The second-order valence-electron chi connectivity index (χ2n) is 4.27. The van der Waals surface area contributed by atoms with Gasteiger partial charge in [-0.1, -0.05) is 11.6 Å². The van der Waals surface area contributed by atoms with Gasteiger partial charge < -0.3 is 10.1 Å². The van der Waals surface area contributed by atoms with E-state index in [-0.39, 0.29) is 22.4 Å². The number of hydrogen-bond donors (Lipinski definition) is 1. The molecule has 1 N–H and O–H groups in total. The maximum Gasteiger partial charge on any atom is 0.270 e. The van der Waals surface area contributed by atoms with Crippen LogP contribution < -0.4 is 5.32 Å². The topological polar surface area (TPSA) is 81.5 Å². The highest BCUT2D eigenvalue weighted by molar-refractivity contribution is 6.33. The smallest absolute Gasteiger partial charge is 0.270 e. The minimum Gasteiger partial charge on any atom is -0.376 e. The molecule has 1 atom stereocenters. The monoisotopic (exact) mass is 284 g/mol. The van der Waals surface area contributed by atoms with Crippen molar-refractivity contribution in [2.24, 2.45) is 0 Å². The lowest BCUT2D eigenvalue weighted by Gasteiger charge is -2.11. The summed E-state index contributed by atoms with van der Waals surface area (Å²) >= 11 is 5.88. The lowest BCUT2D eigenvalue weighted by molar-refractivity contribution is -0.384. The Morgan fingerprint density at radius 1 is 1.58 bits per heavy atom. The van der Waals surface area contributed by atoms with Gasteiger partial charge in [0.1, 0.15) is 0 Å². The molecule has 1 aliphatic heterocycles. The fraction of sp³-hybridized carbons (Fsp3) is 0.417. The van der Waals surface area contributed by atoms with Crippen molar-refractivity contribution in [1.82, 2.24) is 5.32 Å². The van der Waals surface area contributed by atoms with E-state index >= 15 is 0 Å². The molecule has 2 rings (SSSR count). The predicted molar refractivity (Wildman–Crippen MR) is 69.4 cm³/mol. The molecule has 0 aliphatic carbocycles.